The Hall–Kier alpha value is -3.78. The number of hydrogen-bond acceptors (Lipinski definition) is 3. The summed E-state index contributed by atoms with van der Waals surface area (Å²) in [5.41, 5.74) is 2.50. The molecule has 1 unspecified atom stereocenters. The van der Waals surface area contributed by atoms with Gasteiger partial charge in [-0.3, -0.25) is 9.69 Å². The first-order valence-corrected chi connectivity index (χ1v) is 11.0. The Labute approximate surface area is 202 Å². The van der Waals surface area contributed by atoms with Crippen LogP contribution in [0.1, 0.15) is 24.1 Å². The minimum Gasteiger partial charge on any atom is -0.495 e. The number of thiocarbonyl (C=S) groups is 1. The van der Waals surface area contributed by atoms with Crippen molar-refractivity contribution in [3.63, 3.8) is 0 Å². The normalized spacial score (nSPS) is 15.7. The highest BCUT2D eigenvalue weighted by Gasteiger charge is 2.37. The Morgan fingerprint density at radius 1 is 1.00 bits per heavy atom. The fourth-order valence-corrected chi connectivity index (χ4v) is 4.34. The van der Waals surface area contributed by atoms with E-state index in [1.54, 1.807) is 36.1 Å². The zero-order valence-electron chi connectivity index (χ0n) is 18.9. The number of para-hydroxylation sites is 2. The number of amides is 1. The molecular formula is C26H23F2N3O2S. The molecule has 1 aliphatic rings. The van der Waals surface area contributed by atoms with Crippen LogP contribution in [-0.4, -0.2) is 18.1 Å². The van der Waals surface area contributed by atoms with Crippen LogP contribution < -0.4 is 20.3 Å². The first-order valence-electron chi connectivity index (χ1n) is 10.6. The molecule has 1 atom stereocenters. The molecule has 0 saturated carbocycles. The van der Waals surface area contributed by atoms with E-state index >= 15 is 0 Å². The third-order valence-electron chi connectivity index (χ3n) is 5.67. The molecule has 0 saturated heterocycles. The van der Waals surface area contributed by atoms with Gasteiger partial charge >= 0.3 is 0 Å². The van der Waals surface area contributed by atoms with E-state index in [1.165, 1.54) is 13.2 Å². The molecule has 4 rings (SSSR count). The number of benzene rings is 3. The average molecular weight is 480 g/mol. The topological polar surface area (TPSA) is 53.6 Å². The number of ether oxygens (including phenoxy) is 1. The van der Waals surface area contributed by atoms with Crippen molar-refractivity contribution in [1.82, 2.24) is 5.32 Å². The molecule has 0 aromatic heterocycles. The van der Waals surface area contributed by atoms with Crippen molar-refractivity contribution < 1.29 is 18.3 Å². The number of nitrogens with zero attached hydrogens (tertiary/aromatic N) is 1. The first-order chi connectivity index (χ1) is 16.3. The number of hydrogen-bond donors (Lipinski definition) is 2. The standard InChI is InChI=1S/C26H23F2N3O2S/c1-15-11-13-17(14-12-15)31-16(2)22(25(32)29-20-9-4-5-10-21(20)33-3)24(30-26(31)34)23-18(27)7-6-8-19(23)28/h4-14,24H,1-3H3,(H,29,32)(H,30,34). The second kappa shape index (κ2) is 9.61. The van der Waals surface area contributed by atoms with Gasteiger partial charge in [-0.1, -0.05) is 35.9 Å². The molecule has 2 N–H and O–H groups in total. The van der Waals surface area contributed by atoms with E-state index in [1.807, 2.05) is 31.2 Å². The van der Waals surface area contributed by atoms with E-state index in [4.69, 9.17) is 17.0 Å². The lowest BCUT2D eigenvalue weighted by molar-refractivity contribution is -0.113. The number of aryl methyl sites for hydroxylation is 1. The third-order valence-corrected chi connectivity index (χ3v) is 5.97. The predicted molar refractivity (Wildman–Crippen MR) is 133 cm³/mol. The van der Waals surface area contributed by atoms with Crippen LogP contribution in [0.15, 0.2) is 78.0 Å². The SMILES string of the molecule is COc1ccccc1NC(=O)C1=C(C)N(c2ccc(C)cc2)C(=S)NC1c1c(F)cccc1F. The third kappa shape index (κ3) is 4.36. The van der Waals surface area contributed by atoms with Gasteiger partial charge in [0.2, 0.25) is 0 Å². The second-order valence-electron chi connectivity index (χ2n) is 7.84. The fraction of sp³-hybridized carbons (Fsp3) is 0.154. The molecule has 0 fully saturated rings. The largest absolute Gasteiger partial charge is 0.495 e. The molecule has 1 amide bonds. The number of halogens is 2. The number of carbonyl (C=O) groups excluding carboxylic acids is 1. The van der Waals surface area contributed by atoms with Crippen LogP contribution in [-0.2, 0) is 4.79 Å². The van der Waals surface area contributed by atoms with Crippen LogP contribution in [0.25, 0.3) is 0 Å². The fourth-order valence-electron chi connectivity index (χ4n) is 3.98. The van der Waals surface area contributed by atoms with Crippen molar-refractivity contribution in [2.45, 2.75) is 19.9 Å². The van der Waals surface area contributed by atoms with Gasteiger partial charge in [0.1, 0.15) is 17.4 Å². The lowest BCUT2D eigenvalue weighted by Gasteiger charge is -2.38. The summed E-state index contributed by atoms with van der Waals surface area (Å²) >= 11 is 5.58. The zero-order valence-corrected chi connectivity index (χ0v) is 19.7. The van der Waals surface area contributed by atoms with Gasteiger partial charge in [0.15, 0.2) is 5.11 Å². The molecule has 1 aliphatic heterocycles. The molecule has 5 nitrogen and oxygen atoms in total. The van der Waals surface area contributed by atoms with Crippen LogP contribution >= 0.6 is 12.2 Å². The molecule has 0 spiro atoms. The van der Waals surface area contributed by atoms with Crippen molar-refractivity contribution in [2.24, 2.45) is 0 Å². The van der Waals surface area contributed by atoms with E-state index in [-0.39, 0.29) is 16.2 Å². The number of anilines is 2. The maximum absolute atomic E-state index is 14.8. The van der Waals surface area contributed by atoms with Gasteiger partial charge < -0.3 is 15.4 Å². The monoisotopic (exact) mass is 479 g/mol. The number of methoxy groups -OCH3 is 1. The minimum atomic E-state index is -1.13. The quantitative estimate of drug-likeness (QED) is 0.465. The molecule has 1 heterocycles. The Kier molecular flexibility index (Phi) is 6.61. The smallest absolute Gasteiger partial charge is 0.255 e. The van der Waals surface area contributed by atoms with Crippen molar-refractivity contribution in [2.75, 3.05) is 17.3 Å². The summed E-state index contributed by atoms with van der Waals surface area (Å²) in [5.74, 6) is -1.64. The molecule has 3 aromatic carbocycles. The summed E-state index contributed by atoms with van der Waals surface area (Å²) in [6.07, 6.45) is 0. The van der Waals surface area contributed by atoms with Crippen molar-refractivity contribution >= 4 is 34.6 Å². The Bertz CT molecular complexity index is 1270. The van der Waals surface area contributed by atoms with Gasteiger partial charge in [-0.2, -0.15) is 0 Å². The summed E-state index contributed by atoms with van der Waals surface area (Å²) < 4.78 is 35.0. The number of rotatable bonds is 5. The van der Waals surface area contributed by atoms with E-state index < -0.39 is 23.6 Å². The highest BCUT2D eigenvalue weighted by atomic mass is 32.1. The molecule has 3 aromatic rings. The summed E-state index contributed by atoms with van der Waals surface area (Å²) in [4.78, 5) is 15.3. The number of allylic oxidation sites excluding steroid dienone is 1. The highest BCUT2D eigenvalue weighted by Crippen LogP contribution is 2.37. The summed E-state index contributed by atoms with van der Waals surface area (Å²) in [6, 6.07) is 16.9. The van der Waals surface area contributed by atoms with Crippen LogP contribution in [0, 0.1) is 18.6 Å². The highest BCUT2D eigenvalue weighted by molar-refractivity contribution is 7.80. The summed E-state index contributed by atoms with van der Waals surface area (Å²) in [6.45, 7) is 3.66. The Morgan fingerprint density at radius 2 is 1.65 bits per heavy atom. The molecule has 174 valence electrons. The summed E-state index contributed by atoms with van der Waals surface area (Å²) in [5, 5.41) is 6.03. The van der Waals surface area contributed by atoms with Crippen molar-refractivity contribution in [3.05, 3.63) is 101 Å². The van der Waals surface area contributed by atoms with Gasteiger partial charge in [-0.05, 0) is 62.5 Å². The van der Waals surface area contributed by atoms with Gasteiger partial charge in [-0.25, -0.2) is 8.78 Å². The van der Waals surface area contributed by atoms with Crippen molar-refractivity contribution in [1.29, 1.82) is 0 Å². The average Bonchev–Trinajstić information content (AvgIpc) is 2.80. The van der Waals surface area contributed by atoms with Gasteiger partial charge in [0, 0.05) is 11.4 Å². The Balaban J connectivity index is 1.86. The zero-order chi connectivity index (χ0) is 24.4. The molecule has 0 radical (unpaired) electrons. The molecular weight excluding hydrogens is 456 g/mol. The van der Waals surface area contributed by atoms with E-state index in [0.717, 1.165) is 23.4 Å². The lowest BCUT2D eigenvalue weighted by Crippen LogP contribution is -2.49. The number of nitrogens with one attached hydrogen (secondary N) is 2. The molecule has 8 heteroatoms. The van der Waals surface area contributed by atoms with Crippen LogP contribution in [0.3, 0.4) is 0 Å². The first kappa shape index (κ1) is 23.4. The summed E-state index contributed by atoms with van der Waals surface area (Å²) in [7, 11) is 1.49. The van der Waals surface area contributed by atoms with Gasteiger partial charge in [0.25, 0.3) is 5.91 Å². The van der Waals surface area contributed by atoms with Crippen molar-refractivity contribution in [3.8, 4) is 5.75 Å². The number of carbonyl (C=O) groups is 1. The van der Waals surface area contributed by atoms with Gasteiger partial charge in [0.05, 0.1) is 30.0 Å². The molecule has 0 aliphatic carbocycles. The molecule has 34 heavy (non-hydrogen) atoms. The predicted octanol–water partition coefficient (Wildman–Crippen LogP) is 5.63. The molecule has 0 bridgehead atoms. The van der Waals surface area contributed by atoms with E-state index in [2.05, 4.69) is 10.6 Å². The second-order valence-corrected chi connectivity index (χ2v) is 8.23. The van der Waals surface area contributed by atoms with Crippen LogP contribution in [0.5, 0.6) is 5.75 Å². The van der Waals surface area contributed by atoms with E-state index in [0.29, 0.717) is 17.1 Å². The Morgan fingerprint density at radius 3 is 2.29 bits per heavy atom. The lowest BCUT2D eigenvalue weighted by atomic mass is 9.93. The van der Waals surface area contributed by atoms with Gasteiger partial charge in [-0.15, -0.1) is 0 Å². The minimum absolute atomic E-state index is 0.129. The maximum Gasteiger partial charge on any atom is 0.255 e. The maximum atomic E-state index is 14.8. The van der Waals surface area contributed by atoms with Crippen LogP contribution in [0.2, 0.25) is 0 Å². The van der Waals surface area contributed by atoms with Crippen LogP contribution in [0.4, 0.5) is 20.2 Å². The van der Waals surface area contributed by atoms with E-state index in [9.17, 15) is 13.6 Å².